The molecule has 0 aliphatic rings. The number of carbonyl (C=O) groups is 1. The molecular weight excluding hydrogens is 268 g/mol. The lowest BCUT2D eigenvalue weighted by Gasteiger charge is -2.10. The highest BCUT2D eigenvalue weighted by Crippen LogP contribution is 2.25. The predicted octanol–water partition coefficient (Wildman–Crippen LogP) is 2.24. The number of nitrogens with one attached hydrogen (secondary N) is 1. The number of hydrogen-bond donors (Lipinski definition) is 2. The molecule has 2 aromatic rings. The number of anilines is 2. The fourth-order valence-electron chi connectivity index (χ4n) is 1.28. The average molecular weight is 280 g/mol. The zero-order valence-electron chi connectivity index (χ0n) is 9.66. The quantitative estimate of drug-likeness (QED) is 0.663. The van der Waals surface area contributed by atoms with Crippen LogP contribution in [0.3, 0.4) is 0 Å². The van der Waals surface area contributed by atoms with Gasteiger partial charge in [0.25, 0.3) is 0 Å². The van der Waals surface area contributed by atoms with E-state index in [2.05, 4.69) is 15.5 Å². The molecule has 18 heavy (non-hydrogen) atoms. The molecule has 0 fully saturated rings. The van der Waals surface area contributed by atoms with Gasteiger partial charge in [-0.25, -0.2) is 0 Å². The van der Waals surface area contributed by atoms with Gasteiger partial charge in [-0.05, 0) is 25.1 Å². The van der Waals surface area contributed by atoms with Gasteiger partial charge in [-0.2, -0.15) is 0 Å². The summed E-state index contributed by atoms with van der Waals surface area (Å²) in [5.41, 5.74) is 8.61. The Balaban J connectivity index is 1.95. The maximum absolute atomic E-state index is 11.9. The third kappa shape index (κ3) is 3.44. The third-order valence-electron chi connectivity index (χ3n) is 2.14. The van der Waals surface area contributed by atoms with E-state index in [9.17, 15) is 4.79 Å². The van der Waals surface area contributed by atoms with E-state index in [0.717, 1.165) is 4.34 Å². The molecule has 1 unspecified atom stereocenters. The average Bonchev–Trinajstić information content (AvgIpc) is 2.81. The first-order valence-electron chi connectivity index (χ1n) is 5.24. The van der Waals surface area contributed by atoms with Gasteiger partial charge in [0.1, 0.15) is 5.51 Å². The van der Waals surface area contributed by atoms with E-state index in [4.69, 9.17) is 5.73 Å². The van der Waals surface area contributed by atoms with E-state index in [1.165, 1.54) is 23.1 Å². The van der Waals surface area contributed by atoms with Crippen molar-refractivity contribution in [1.29, 1.82) is 0 Å². The molecule has 94 valence electrons. The summed E-state index contributed by atoms with van der Waals surface area (Å²) in [6.07, 6.45) is 0. The number of nitrogens with zero attached hydrogens (tertiary/aromatic N) is 2. The van der Waals surface area contributed by atoms with Crippen molar-refractivity contribution in [3.63, 3.8) is 0 Å². The lowest BCUT2D eigenvalue weighted by atomic mass is 10.3. The van der Waals surface area contributed by atoms with Crippen molar-refractivity contribution in [1.82, 2.24) is 10.2 Å². The van der Waals surface area contributed by atoms with Crippen molar-refractivity contribution in [2.45, 2.75) is 16.5 Å². The van der Waals surface area contributed by atoms with Crippen molar-refractivity contribution < 1.29 is 4.79 Å². The van der Waals surface area contributed by atoms with Crippen LogP contribution in [0.1, 0.15) is 6.92 Å². The van der Waals surface area contributed by atoms with Crippen LogP contribution in [-0.2, 0) is 4.79 Å². The van der Waals surface area contributed by atoms with Gasteiger partial charge in [-0.15, -0.1) is 10.2 Å². The van der Waals surface area contributed by atoms with Crippen LogP contribution in [0.2, 0.25) is 0 Å². The molecule has 2 rings (SSSR count). The normalized spacial score (nSPS) is 12.1. The summed E-state index contributed by atoms with van der Waals surface area (Å²) < 4.78 is 0.783. The number of thioether (sulfide) groups is 1. The summed E-state index contributed by atoms with van der Waals surface area (Å²) in [5, 5.41) is 10.2. The van der Waals surface area contributed by atoms with Gasteiger partial charge in [-0.3, -0.25) is 4.79 Å². The Labute approximate surface area is 113 Å². The van der Waals surface area contributed by atoms with Crippen LogP contribution in [0.25, 0.3) is 0 Å². The first kappa shape index (κ1) is 12.8. The molecule has 0 spiro atoms. The SMILES string of the molecule is CC(Sc1nncs1)C(=O)Nc1cccc(N)c1. The minimum Gasteiger partial charge on any atom is -0.399 e. The van der Waals surface area contributed by atoms with Gasteiger partial charge >= 0.3 is 0 Å². The minimum atomic E-state index is -0.237. The van der Waals surface area contributed by atoms with E-state index in [1.54, 1.807) is 29.8 Å². The highest BCUT2D eigenvalue weighted by molar-refractivity contribution is 8.02. The largest absolute Gasteiger partial charge is 0.399 e. The van der Waals surface area contributed by atoms with Gasteiger partial charge in [0.05, 0.1) is 5.25 Å². The Hall–Kier alpha value is -1.60. The van der Waals surface area contributed by atoms with Crippen LogP contribution < -0.4 is 11.1 Å². The second-order valence-electron chi connectivity index (χ2n) is 3.58. The molecule has 1 amide bonds. The van der Waals surface area contributed by atoms with E-state index in [0.29, 0.717) is 11.4 Å². The predicted molar refractivity (Wildman–Crippen MR) is 74.7 cm³/mol. The highest BCUT2D eigenvalue weighted by Gasteiger charge is 2.16. The Morgan fingerprint density at radius 3 is 3.06 bits per heavy atom. The van der Waals surface area contributed by atoms with Gasteiger partial charge in [0.15, 0.2) is 4.34 Å². The van der Waals surface area contributed by atoms with Crippen molar-refractivity contribution >= 4 is 40.4 Å². The van der Waals surface area contributed by atoms with Crippen molar-refractivity contribution in [3.8, 4) is 0 Å². The fourth-order valence-corrected chi connectivity index (χ4v) is 2.91. The van der Waals surface area contributed by atoms with E-state index < -0.39 is 0 Å². The summed E-state index contributed by atoms with van der Waals surface area (Å²) in [6, 6.07) is 7.10. The Bertz CT molecular complexity index is 530. The molecule has 1 aromatic heterocycles. The zero-order chi connectivity index (χ0) is 13.0. The Kier molecular flexibility index (Phi) is 4.16. The minimum absolute atomic E-state index is 0.0826. The van der Waals surface area contributed by atoms with Crippen LogP contribution in [0.4, 0.5) is 11.4 Å². The third-order valence-corrected chi connectivity index (χ3v) is 4.05. The molecule has 0 saturated carbocycles. The smallest absolute Gasteiger partial charge is 0.237 e. The number of rotatable bonds is 4. The second-order valence-corrected chi connectivity index (χ2v) is 6.00. The van der Waals surface area contributed by atoms with Gasteiger partial charge in [0.2, 0.25) is 5.91 Å². The van der Waals surface area contributed by atoms with Gasteiger partial charge in [0, 0.05) is 11.4 Å². The van der Waals surface area contributed by atoms with Crippen LogP contribution in [-0.4, -0.2) is 21.4 Å². The maximum Gasteiger partial charge on any atom is 0.237 e. The van der Waals surface area contributed by atoms with Crippen LogP contribution in [0.5, 0.6) is 0 Å². The number of amides is 1. The molecular formula is C11H12N4OS2. The number of carbonyl (C=O) groups excluding carboxylic acids is 1. The Morgan fingerprint density at radius 1 is 1.56 bits per heavy atom. The lowest BCUT2D eigenvalue weighted by molar-refractivity contribution is -0.115. The monoisotopic (exact) mass is 280 g/mol. The number of aromatic nitrogens is 2. The molecule has 0 aliphatic heterocycles. The second kappa shape index (κ2) is 5.83. The Morgan fingerprint density at radius 2 is 2.39 bits per heavy atom. The first-order valence-corrected chi connectivity index (χ1v) is 7.00. The molecule has 1 aromatic carbocycles. The molecule has 0 bridgehead atoms. The topological polar surface area (TPSA) is 80.9 Å². The van der Waals surface area contributed by atoms with E-state index in [-0.39, 0.29) is 11.2 Å². The van der Waals surface area contributed by atoms with Crippen LogP contribution in [0, 0.1) is 0 Å². The molecule has 0 saturated heterocycles. The maximum atomic E-state index is 11.9. The van der Waals surface area contributed by atoms with Crippen molar-refractivity contribution in [3.05, 3.63) is 29.8 Å². The molecule has 3 N–H and O–H groups in total. The van der Waals surface area contributed by atoms with Gasteiger partial charge in [-0.1, -0.05) is 29.2 Å². The highest BCUT2D eigenvalue weighted by atomic mass is 32.2. The summed E-state index contributed by atoms with van der Waals surface area (Å²) in [4.78, 5) is 11.9. The number of nitrogens with two attached hydrogens (primary N) is 1. The summed E-state index contributed by atoms with van der Waals surface area (Å²) in [5.74, 6) is -0.0826. The van der Waals surface area contributed by atoms with Crippen LogP contribution in [0.15, 0.2) is 34.1 Å². The van der Waals surface area contributed by atoms with E-state index >= 15 is 0 Å². The summed E-state index contributed by atoms with van der Waals surface area (Å²) in [7, 11) is 0. The molecule has 0 radical (unpaired) electrons. The molecule has 5 nitrogen and oxygen atoms in total. The zero-order valence-corrected chi connectivity index (χ0v) is 11.3. The number of benzene rings is 1. The van der Waals surface area contributed by atoms with Crippen molar-refractivity contribution in [2.24, 2.45) is 0 Å². The summed E-state index contributed by atoms with van der Waals surface area (Å²) >= 11 is 2.80. The summed E-state index contributed by atoms with van der Waals surface area (Å²) in [6.45, 7) is 1.83. The molecule has 0 aliphatic carbocycles. The first-order chi connectivity index (χ1) is 8.65. The van der Waals surface area contributed by atoms with E-state index in [1.807, 2.05) is 6.92 Å². The molecule has 7 heteroatoms. The molecule has 1 atom stereocenters. The number of nitrogen functional groups attached to an aromatic ring is 1. The fraction of sp³-hybridized carbons (Fsp3) is 0.182. The van der Waals surface area contributed by atoms with Crippen molar-refractivity contribution in [2.75, 3.05) is 11.1 Å². The van der Waals surface area contributed by atoms with Crippen LogP contribution >= 0.6 is 23.1 Å². The standard InChI is InChI=1S/C11H12N4OS2/c1-7(18-11-15-13-6-17-11)10(16)14-9-4-2-3-8(12)5-9/h2-7H,12H2,1H3,(H,14,16). The number of hydrogen-bond acceptors (Lipinski definition) is 6. The van der Waals surface area contributed by atoms with Gasteiger partial charge < -0.3 is 11.1 Å². The lowest BCUT2D eigenvalue weighted by Crippen LogP contribution is -2.22. The molecule has 1 heterocycles.